The number of anilines is 1. The molecule has 2 aromatic carbocycles. The quantitative estimate of drug-likeness (QED) is 0.764. The number of nitrogens with one attached hydrogen (secondary N) is 1. The van der Waals surface area contributed by atoms with E-state index in [-0.39, 0.29) is 17.2 Å². The van der Waals surface area contributed by atoms with Gasteiger partial charge in [-0.3, -0.25) is 4.79 Å². The molecule has 3 N–H and O–H groups in total. The fourth-order valence-corrected chi connectivity index (χ4v) is 2.16. The van der Waals surface area contributed by atoms with Gasteiger partial charge in [-0.2, -0.15) is 0 Å². The molecule has 3 aromatic rings. The Hall–Kier alpha value is -3.02. The lowest BCUT2D eigenvalue weighted by atomic mass is 10.0. The van der Waals surface area contributed by atoms with Gasteiger partial charge in [-0.15, -0.1) is 0 Å². The molecular weight excluding hydrogens is 288 g/mol. The molecule has 0 saturated heterocycles. The smallest absolute Gasteiger partial charge is 0.290 e. The summed E-state index contributed by atoms with van der Waals surface area (Å²) in [6.07, 6.45) is 0. The molecule has 110 valence electrons. The molecule has 22 heavy (non-hydrogen) atoms. The maximum Gasteiger partial charge on any atom is 0.290 e. The maximum atomic E-state index is 13.4. The zero-order valence-electron chi connectivity index (χ0n) is 11.3. The molecule has 0 fully saturated rings. The first-order valence-electron chi connectivity index (χ1n) is 6.46. The van der Waals surface area contributed by atoms with Gasteiger partial charge in [0.05, 0.1) is 11.4 Å². The third kappa shape index (κ3) is 2.58. The highest BCUT2D eigenvalue weighted by Gasteiger charge is 2.14. The summed E-state index contributed by atoms with van der Waals surface area (Å²) in [6.45, 7) is 0. The molecule has 0 aliphatic rings. The summed E-state index contributed by atoms with van der Waals surface area (Å²) < 4.78 is 26.9. The molecule has 0 radical (unpaired) electrons. The number of rotatable bonds is 2. The summed E-state index contributed by atoms with van der Waals surface area (Å²) in [7, 11) is 0. The summed E-state index contributed by atoms with van der Waals surface area (Å²) in [6, 6.07) is 11.4. The van der Waals surface area contributed by atoms with Crippen molar-refractivity contribution in [1.29, 1.82) is 0 Å². The highest BCUT2D eigenvalue weighted by Crippen LogP contribution is 2.29. The standard InChI is InChI=1S/C16H11F2N3O/c17-11-5-1-3-9(7-11)13-14(21-16(22)15(19)20-13)10-4-2-6-12(18)8-10/h1-8H,(H2,19,20)(H,21,22). The van der Waals surface area contributed by atoms with E-state index < -0.39 is 17.2 Å². The Morgan fingerprint density at radius 3 is 2.18 bits per heavy atom. The zero-order valence-corrected chi connectivity index (χ0v) is 11.3. The Kier molecular flexibility index (Phi) is 3.42. The van der Waals surface area contributed by atoms with E-state index in [1.165, 1.54) is 36.4 Å². The number of nitrogen functional groups attached to an aromatic ring is 1. The predicted molar refractivity (Wildman–Crippen MR) is 80.1 cm³/mol. The van der Waals surface area contributed by atoms with Crippen molar-refractivity contribution in [3.63, 3.8) is 0 Å². The van der Waals surface area contributed by atoms with Gasteiger partial charge in [0.2, 0.25) is 0 Å². The number of nitrogens with two attached hydrogens (primary N) is 1. The normalized spacial score (nSPS) is 10.6. The Labute approximate surface area is 124 Å². The molecule has 0 unspecified atom stereocenters. The number of hydrogen-bond acceptors (Lipinski definition) is 3. The van der Waals surface area contributed by atoms with Crippen molar-refractivity contribution in [3.8, 4) is 22.5 Å². The Balaban J connectivity index is 2.30. The molecule has 1 aromatic heterocycles. The number of halogens is 2. The van der Waals surface area contributed by atoms with Gasteiger partial charge in [-0.25, -0.2) is 13.8 Å². The topological polar surface area (TPSA) is 71.8 Å². The van der Waals surface area contributed by atoms with Crippen molar-refractivity contribution in [2.75, 3.05) is 5.73 Å². The molecule has 6 heteroatoms. The van der Waals surface area contributed by atoms with Crippen molar-refractivity contribution >= 4 is 5.82 Å². The second-order valence-corrected chi connectivity index (χ2v) is 4.70. The van der Waals surface area contributed by atoms with Crippen LogP contribution in [0.4, 0.5) is 14.6 Å². The lowest BCUT2D eigenvalue weighted by Gasteiger charge is -2.10. The summed E-state index contributed by atoms with van der Waals surface area (Å²) in [5.74, 6) is -1.14. The van der Waals surface area contributed by atoms with Crippen LogP contribution in [-0.4, -0.2) is 9.97 Å². The number of hydrogen-bond donors (Lipinski definition) is 2. The van der Waals surface area contributed by atoms with Gasteiger partial charge in [-0.1, -0.05) is 24.3 Å². The third-order valence-corrected chi connectivity index (χ3v) is 3.15. The van der Waals surface area contributed by atoms with E-state index in [9.17, 15) is 13.6 Å². The van der Waals surface area contributed by atoms with Crippen LogP contribution in [0.1, 0.15) is 0 Å². The molecule has 0 aliphatic heterocycles. The fraction of sp³-hybridized carbons (Fsp3) is 0. The van der Waals surface area contributed by atoms with Gasteiger partial charge in [0.25, 0.3) is 5.56 Å². The molecule has 0 atom stereocenters. The summed E-state index contributed by atoms with van der Waals surface area (Å²) in [5, 5.41) is 0. The average Bonchev–Trinajstić information content (AvgIpc) is 2.49. The molecule has 4 nitrogen and oxygen atoms in total. The van der Waals surface area contributed by atoms with Crippen molar-refractivity contribution in [1.82, 2.24) is 9.97 Å². The largest absolute Gasteiger partial charge is 0.379 e. The highest BCUT2D eigenvalue weighted by atomic mass is 19.1. The molecule has 3 rings (SSSR count). The van der Waals surface area contributed by atoms with Crippen LogP contribution >= 0.6 is 0 Å². The molecule has 0 saturated carbocycles. The minimum absolute atomic E-state index is 0.237. The molecule has 1 heterocycles. The van der Waals surface area contributed by atoms with Gasteiger partial charge in [0.1, 0.15) is 11.6 Å². The minimum Gasteiger partial charge on any atom is -0.379 e. The second-order valence-electron chi connectivity index (χ2n) is 4.70. The summed E-state index contributed by atoms with van der Waals surface area (Å²) in [4.78, 5) is 18.3. The van der Waals surface area contributed by atoms with E-state index in [4.69, 9.17) is 5.73 Å². The van der Waals surface area contributed by atoms with Crippen molar-refractivity contribution in [3.05, 3.63) is 70.5 Å². The van der Waals surface area contributed by atoms with Crippen molar-refractivity contribution in [2.24, 2.45) is 0 Å². The molecule has 0 amide bonds. The van der Waals surface area contributed by atoms with E-state index in [1.54, 1.807) is 12.1 Å². The lowest BCUT2D eigenvalue weighted by molar-refractivity contribution is 0.627. The minimum atomic E-state index is -0.584. The first-order valence-corrected chi connectivity index (χ1v) is 6.46. The fourth-order valence-electron chi connectivity index (χ4n) is 2.16. The SMILES string of the molecule is Nc1nc(-c2cccc(F)c2)c(-c2cccc(F)c2)[nH]c1=O. The van der Waals surface area contributed by atoms with Crippen LogP contribution in [0.3, 0.4) is 0 Å². The monoisotopic (exact) mass is 299 g/mol. The predicted octanol–water partition coefficient (Wildman–Crippen LogP) is 2.96. The molecule has 0 bridgehead atoms. The van der Waals surface area contributed by atoms with E-state index >= 15 is 0 Å². The van der Waals surface area contributed by atoms with Crippen LogP contribution < -0.4 is 11.3 Å². The summed E-state index contributed by atoms with van der Waals surface area (Å²) in [5.41, 5.74) is 6.38. The second kappa shape index (κ2) is 5.40. The van der Waals surface area contributed by atoms with Crippen LogP contribution in [0.2, 0.25) is 0 Å². The van der Waals surface area contributed by atoms with E-state index in [0.29, 0.717) is 11.1 Å². The number of nitrogens with zero attached hydrogens (tertiary/aromatic N) is 1. The van der Waals surface area contributed by atoms with Gasteiger partial charge in [-0.05, 0) is 24.3 Å². The van der Waals surface area contributed by atoms with Gasteiger partial charge in [0, 0.05) is 11.1 Å². The number of benzene rings is 2. The van der Waals surface area contributed by atoms with Gasteiger partial charge < -0.3 is 10.7 Å². The number of H-pyrrole nitrogens is 1. The van der Waals surface area contributed by atoms with Gasteiger partial charge >= 0.3 is 0 Å². The van der Waals surface area contributed by atoms with E-state index in [1.807, 2.05) is 0 Å². The third-order valence-electron chi connectivity index (χ3n) is 3.15. The lowest BCUT2D eigenvalue weighted by Crippen LogP contribution is -2.16. The first kappa shape index (κ1) is 13.9. The highest BCUT2D eigenvalue weighted by molar-refractivity contribution is 5.78. The Morgan fingerprint density at radius 1 is 0.955 bits per heavy atom. The molecular formula is C16H11F2N3O. The van der Waals surface area contributed by atoms with Crippen LogP contribution in [0, 0.1) is 11.6 Å². The number of aromatic amines is 1. The van der Waals surface area contributed by atoms with E-state index in [0.717, 1.165) is 0 Å². The molecule has 0 aliphatic carbocycles. The Bertz CT molecular complexity index is 906. The summed E-state index contributed by atoms with van der Waals surface area (Å²) >= 11 is 0. The van der Waals surface area contributed by atoms with Crippen molar-refractivity contribution in [2.45, 2.75) is 0 Å². The first-order chi connectivity index (χ1) is 10.5. The van der Waals surface area contributed by atoms with E-state index in [2.05, 4.69) is 9.97 Å². The van der Waals surface area contributed by atoms with Crippen LogP contribution in [-0.2, 0) is 0 Å². The number of aromatic nitrogens is 2. The van der Waals surface area contributed by atoms with Crippen LogP contribution in [0.25, 0.3) is 22.5 Å². The Morgan fingerprint density at radius 2 is 1.55 bits per heavy atom. The van der Waals surface area contributed by atoms with Crippen molar-refractivity contribution < 1.29 is 8.78 Å². The van der Waals surface area contributed by atoms with Gasteiger partial charge in [0.15, 0.2) is 5.82 Å². The van der Waals surface area contributed by atoms with Crippen LogP contribution in [0.5, 0.6) is 0 Å². The average molecular weight is 299 g/mol. The maximum absolute atomic E-state index is 13.4. The molecule has 0 spiro atoms. The zero-order chi connectivity index (χ0) is 15.7. The van der Waals surface area contributed by atoms with Crippen LogP contribution in [0.15, 0.2) is 53.3 Å².